The maximum atomic E-state index is 12.5. The van der Waals surface area contributed by atoms with Crippen LogP contribution in [-0.2, 0) is 10.0 Å². The zero-order valence-electron chi connectivity index (χ0n) is 11.5. The first-order chi connectivity index (χ1) is 9.73. The van der Waals surface area contributed by atoms with Crippen molar-refractivity contribution in [3.63, 3.8) is 0 Å². The van der Waals surface area contributed by atoms with Crippen molar-refractivity contribution in [2.45, 2.75) is 24.3 Å². The number of aliphatic hydroxyl groups excluding tert-OH is 1. The molecular formula is C12H17N3O5S. The van der Waals surface area contributed by atoms with Gasteiger partial charge in [0.2, 0.25) is 10.0 Å². The largest absolute Gasteiger partial charge is 0.393 e. The van der Waals surface area contributed by atoms with E-state index in [0.29, 0.717) is 13.0 Å². The Balaban J connectivity index is 2.29. The van der Waals surface area contributed by atoms with Gasteiger partial charge < -0.3 is 10.8 Å². The zero-order chi connectivity index (χ0) is 15.8. The first-order valence-electron chi connectivity index (χ1n) is 6.45. The highest BCUT2D eigenvalue weighted by molar-refractivity contribution is 7.89. The van der Waals surface area contributed by atoms with Gasteiger partial charge in [0, 0.05) is 19.2 Å². The van der Waals surface area contributed by atoms with Crippen LogP contribution in [0.15, 0.2) is 23.1 Å². The van der Waals surface area contributed by atoms with E-state index in [9.17, 15) is 23.6 Å². The molecule has 2 unspecified atom stereocenters. The number of nitro groups is 1. The number of hydrogen-bond acceptors (Lipinski definition) is 6. The van der Waals surface area contributed by atoms with Crippen LogP contribution in [0, 0.1) is 16.0 Å². The summed E-state index contributed by atoms with van der Waals surface area (Å²) in [4.78, 5) is 9.96. The molecule has 116 valence electrons. The normalized spacial score (nSPS) is 21.3. The topological polar surface area (TPSA) is 127 Å². The molecular weight excluding hydrogens is 298 g/mol. The van der Waals surface area contributed by atoms with Gasteiger partial charge in [0.15, 0.2) is 0 Å². The van der Waals surface area contributed by atoms with E-state index >= 15 is 0 Å². The fraction of sp³-hybridized carbons (Fsp3) is 0.500. The molecule has 0 spiro atoms. The van der Waals surface area contributed by atoms with E-state index < -0.39 is 21.1 Å². The van der Waals surface area contributed by atoms with E-state index in [1.54, 1.807) is 6.92 Å². The summed E-state index contributed by atoms with van der Waals surface area (Å²) in [6, 6.07) is 3.37. The third kappa shape index (κ3) is 2.99. The molecule has 1 aliphatic rings. The molecule has 0 radical (unpaired) electrons. The zero-order valence-corrected chi connectivity index (χ0v) is 12.3. The molecule has 0 amide bonds. The van der Waals surface area contributed by atoms with Crippen LogP contribution in [-0.4, -0.2) is 41.9 Å². The summed E-state index contributed by atoms with van der Waals surface area (Å²) >= 11 is 0. The van der Waals surface area contributed by atoms with Crippen LogP contribution in [0.3, 0.4) is 0 Å². The Morgan fingerprint density at radius 1 is 1.52 bits per heavy atom. The highest BCUT2D eigenvalue weighted by Gasteiger charge is 2.34. The van der Waals surface area contributed by atoms with Gasteiger partial charge >= 0.3 is 0 Å². The highest BCUT2D eigenvalue weighted by atomic mass is 32.2. The molecule has 0 saturated carbocycles. The highest BCUT2D eigenvalue weighted by Crippen LogP contribution is 2.29. The maximum Gasteiger partial charge on any atom is 0.292 e. The summed E-state index contributed by atoms with van der Waals surface area (Å²) < 4.78 is 26.2. The quantitative estimate of drug-likeness (QED) is 0.475. The van der Waals surface area contributed by atoms with E-state index in [0.717, 1.165) is 12.1 Å². The Kier molecular flexibility index (Phi) is 4.17. The summed E-state index contributed by atoms with van der Waals surface area (Å²) in [5.74, 6) is -0.102. The van der Waals surface area contributed by atoms with Crippen molar-refractivity contribution in [2.24, 2.45) is 5.92 Å². The van der Waals surface area contributed by atoms with Gasteiger partial charge in [-0.2, -0.15) is 4.31 Å². The van der Waals surface area contributed by atoms with E-state index in [4.69, 9.17) is 5.73 Å². The second-order valence-electron chi connectivity index (χ2n) is 5.13. The maximum absolute atomic E-state index is 12.5. The minimum absolute atomic E-state index is 0.0724. The molecule has 2 rings (SSSR count). The van der Waals surface area contributed by atoms with Gasteiger partial charge in [0.1, 0.15) is 5.69 Å². The molecule has 3 N–H and O–H groups in total. The molecule has 21 heavy (non-hydrogen) atoms. The molecule has 9 heteroatoms. The molecule has 0 aromatic heterocycles. The van der Waals surface area contributed by atoms with Crippen molar-refractivity contribution in [3.8, 4) is 0 Å². The number of hydrogen-bond donors (Lipinski definition) is 2. The van der Waals surface area contributed by atoms with Crippen molar-refractivity contribution in [1.29, 1.82) is 0 Å². The number of nitrogens with zero attached hydrogens (tertiary/aromatic N) is 2. The van der Waals surface area contributed by atoms with E-state index in [2.05, 4.69) is 0 Å². The third-order valence-electron chi connectivity index (χ3n) is 3.70. The standard InChI is InChI=1S/C12H17N3O5S/c1-8(16)9-4-5-14(7-9)21(19,20)10-2-3-12(15(17)18)11(13)6-10/h2-3,6,8-9,16H,4-5,7,13H2,1H3. The number of benzene rings is 1. The Hall–Kier alpha value is -1.71. The summed E-state index contributed by atoms with van der Waals surface area (Å²) in [6.07, 6.45) is 0.00597. The van der Waals surface area contributed by atoms with Crippen molar-refractivity contribution in [3.05, 3.63) is 28.3 Å². The van der Waals surface area contributed by atoms with Gasteiger partial charge in [-0.3, -0.25) is 10.1 Å². The molecule has 1 fully saturated rings. The second kappa shape index (κ2) is 5.58. The molecule has 1 aliphatic heterocycles. The van der Waals surface area contributed by atoms with Crippen molar-refractivity contribution in [1.82, 2.24) is 4.31 Å². The molecule has 0 bridgehead atoms. The average molecular weight is 315 g/mol. The van der Waals surface area contributed by atoms with Crippen molar-refractivity contribution < 1.29 is 18.4 Å². The Bertz CT molecular complexity index is 659. The lowest BCUT2D eigenvalue weighted by Gasteiger charge is -2.17. The number of rotatable bonds is 4. The minimum atomic E-state index is -3.75. The van der Waals surface area contributed by atoms with Gasteiger partial charge in [0.25, 0.3) is 5.69 Å². The third-order valence-corrected chi connectivity index (χ3v) is 5.56. The van der Waals surface area contributed by atoms with Gasteiger partial charge in [-0.05, 0) is 31.4 Å². The molecule has 1 aromatic rings. The van der Waals surface area contributed by atoms with Crippen LogP contribution in [0.25, 0.3) is 0 Å². The number of nitro benzene ring substituents is 1. The van der Waals surface area contributed by atoms with Gasteiger partial charge in [0.05, 0.1) is 15.9 Å². The second-order valence-corrected chi connectivity index (χ2v) is 7.07. The van der Waals surface area contributed by atoms with Crippen LogP contribution in [0.2, 0.25) is 0 Å². The average Bonchev–Trinajstić information content (AvgIpc) is 2.88. The van der Waals surface area contributed by atoms with Gasteiger partial charge in [-0.15, -0.1) is 0 Å². The van der Waals surface area contributed by atoms with Crippen LogP contribution in [0.5, 0.6) is 0 Å². The number of nitrogens with two attached hydrogens (primary N) is 1. The van der Waals surface area contributed by atoms with Gasteiger partial charge in [-0.25, -0.2) is 8.42 Å². The van der Waals surface area contributed by atoms with Crippen molar-refractivity contribution in [2.75, 3.05) is 18.8 Å². The summed E-state index contributed by atoms with van der Waals surface area (Å²) in [5, 5.41) is 20.2. The monoisotopic (exact) mass is 315 g/mol. The predicted molar refractivity (Wildman–Crippen MR) is 76.1 cm³/mol. The first-order valence-corrected chi connectivity index (χ1v) is 7.89. The lowest BCUT2D eigenvalue weighted by atomic mass is 10.0. The van der Waals surface area contributed by atoms with Gasteiger partial charge in [-0.1, -0.05) is 0 Å². The molecule has 0 aliphatic carbocycles. The molecule has 2 atom stereocenters. The predicted octanol–water partition coefficient (Wildman–Crippen LogP) is 0.568. The molecule has 1 saturated heterocycles. The summed E-state index contributed by atoms with van der Waals surface area (Å²) in [7, 11) is -3.75. The fourth-order valence-corrected chi connectivity index (χ4v) is 3.92. The van der Waals surface area contributed by atoms with Crippen LogP contribution < -0.4 is 5.73 Å². The van der Waals surface area contributed by atoms with Crippen LogP contribution in [0.4, 0.5) is 11.4 Å². The lowest BCUT2D eigenvalue weighted by molar-refractivity contribution is -0.383. The summed E-state index contributed by atoms with van der Waals surface area (Å²) in [6.45, 7) is 2.18. The van der Waals surface area contributed by atoms with E-state index in [1.165, 1.54) is 10.4 Å². The number of aliphatic hydroxyl groups is 1. The van der Waals surface area contributed by atoms with E-state index in [1.807, 2.05) is 0 Å². The Labute approximate surface area is 122 Å². The smallest absolute Gasteiger partial charge is 0.292 e. The first kappa shape index (κ1) is 15.7. The number of sulfonamides is 1. The van der Waals surface area contributed by atoms with Crippen LogP contribution >= 0.6 is 0 Å². The molecule has 1 heterocycles. The lowest BCUT2D eigenvalue weighted by Crippen LogP contribution is -2.30. The van der Waals surface area contributed by atoms with E-state index in [-0.39, 0.29) is 28.7 Å². The molecule has 8 nitrogen and oxygen atoms in total. The fourth-order valence-electron chi connectivity index (χ4n) is 2.37. The number of nitrogen functional groups attached to an aromatic ring is 1. The summed E-state index contributed by atoms with van der Waals surface area (Å²) in [5.41, 5.74) is 5.02. The number of anilines is 1. The SMILES string of the molecule is CC(O)C1CCN(S(=O)(=O)c2ccc([N+](=O)[O-])c(N)c2)C1. The van der Waals surface area contributed by atoms with Crippen LogP contribution in [0.1, 0.15) is 13.3 Å². The molecule has 1 aromatic carbocycles. The Morgan fingerprint density at radius 2 is 2.19 bits per heavy atom. The van der Waals surface area contributed by atoms with Crippen molar-refractivity contribution >= 4 is 21.4 Å². The minimum Gasteiger partial charge on any atom is -0.393 e. The Morgan fingerprint density at radius 3 is 2.67 bits per heavy atom.